The molecule has 0 saturated carbocycles. The van der Waals surface area contributed by atoms with Crippen LogP contribution in [-0.2, 0) is 9.59 Å². The number of unbranched alkanes of at least 4 members (excludes halogenated alkanes) is 7. The summed E-state index contributed by atoms with van der Waals surface area (Å²) in [4.78, 5) is 22.0. The zero-order chi connectivity index (χ0) is 15.6. The first-order valence-electron chi connectivity index (χ1n) is 7.80. The second kappa shape index (κ2) is 12.3. The molecule has 0 aliphatic rings. The molecule has 118 valence electrons. The molecule has 1 unspecified atom stereocenters. The van der Waals surface area contributed by atoms with Gasteiger partial charge in [-0.25, -0.2) is 0 Å². The summed E-state index contributed by atoms with van der Waals surface area (Å²) < 4.78 is 0. The van der Waals surface area contributed by atoms with E-state index >= 15 is 0 Å². The van der Waals surface area contributed by atoms with Gasteiger partial charge < -0.3 is 19.8 Å². The quantitative estimate of drug-likeness (QED) is 0.309. The number of carboxylic acids is 2. The molecule has 0 spiro atoms. The summed E-state index contributed by atoms with van der Waals surface area (Å²) in [6.07, 6.45) is 9.83. The third-order valence-electron chi connectivity index (χ3n) is 4.32. The number of hydrogen-bond acceptors (Lipinski definition) is 4. The van der Waals surface area contributed by atoms with Gasteiger partial charge in [0.15, 0.2) is 0 Å². The zero-order valence-electron chi connectivity index (χ0n) is 13.8. The number of aliphatic carboxylic acids is 2. The van der Waals surface area contributed by atoms with Crippen LogP contribution in [0.15, 0.2) is 0 Å². The molecule has 0 saturated heterocycles. The van der Waals surface area contributed by atoms with Gasteiger partial charge in [0.05, 0.1) is 11.9 Å². The molecule has 0 aromatic rings. The van der Waals surface area contributed by atoms with Crippen LogP contribution in [-0.4, -0.2) is 35.0 Å². The molecule has 0 aromatic heterocycles. The van der Waals surface area contributed by atoms with Gasteiger partial charge in [-0.15, -0.1) is 0 Å². The van der Waals surface area contributed by atoms with Crippen molar-refractivity contribution in [3.05, 3.63) is 0 Å². The Kier molecular flexibility index (Phi) is 13.4. The minimum atomic E-state index is -1.89. The Labute approximate surface area is 144 Å². The molecule has 0 bridgehead atoms. The van der Waals surface area contributed by atoms with Crippen LogP contribution in [0.25, 0.3) is 0 Å². The van der Waals surface area contributed by atoms with E-state index in [4.69, 9.17) is 0 Å². The summed E-state index contributed by atoms with van der Waals surface area (Å²) >= 11 is 0. The second-order valence-corrected chi connectivity index (χ2v) is 5.94. The number of carboxylic acid groups (broad SMARTS) is 2. The molecular weight excluding hydrogens is 280 g/mol. The fraction of sp³-hybridized carbons (Fsp3) is 0.875. The van der Waals surface area contributed by atoms with Crippen LogP contribution < -0.4 is 10.2 Å². The second-order valence-electron chi connectivity index (χ2n) is 5.94. The number of carbonyl (C=O) groups excluding carboxylic acids is 2. The van der Waals surface area contributed by atoms with Gasteiger partial charge >= 0.3 is 23.1 Å². The number of carbonyl (C=O) groups is 2. The summed E-state index contributed by atoms with van der Waals surface area (Å²) in [7, 11) is 0. The van der Waals surface area contributed by atoms with Crippen LogP contribution in [0.2, 0.25) is 0 Å². The van der Waals surface area contributed by atoms with E-state index in [0.717, 1.165) is 19.3 Å². The first-order valence-corrected chi connectivity index (χ1v) is 7.80. The van der Waals surface area contributed by atoms with Gasteiger partial charge in [0.1, 0.15) is 0 Å². The van der Waals surface area contributed by atoms with E-state index in [1.807, 2.05) is 0 Å². The van der Waals surface area contributed by atoms with Crippen LogP contribution in [0.5, 0.6) is 0 Å². The van der Waals surface area contributed by atoms with Crippen LogP contribution in [0.1, 0.15) is 78.6 Å². The van der Waals surface area contributed by atoms with Crippen LogP contribution >= 0.6 is 0 Å². The Balaban J connectivity index is 0. The molecule has 0 fully saturated rings. The molecule has 0 rings (SSSR count). The first kappa shape index (κ1) is 23.0. The Morgan fingerprint density at radius 2 is 1.29 bits per heavy atom. The predicted octanol–water partition coefficient (Wildman–Crippen LogP) is 1.28. The minimum Gasteiger partial charge on any atom is -0.549 e. The third kappa shape index (κ3) is 8.05. The smallest absolute Gasteiger partial charge is 0.549 e. The van der Waals surface area contributed by atoms with Crippen molar-refractivity contribution >= 4 is 35.0 Å². The van der Waals surface area contributed by atoms with Gasteiger partial charge in [0, 0.05) is 5.41 Å². The number of hydrogen-bond donors (Lipinski definition) is 0. The summed E-state index contributed by atoms with van der Waals surface area (Å²) in [5.74, 6) is -3.58. The molecule has 0 aromatic carbocycles. The van der Waals surface area contributed by atoms with Crippen molar-refractivity contribution in [3.8, 4) is 0 Å². The fourth-order valence-electron chi connectivity index (χ4n) is 2.36. The standard InChI is InChI=1S/C16H30O4.Mg/c1-4-5-6-7-8-9-10-11-12-13(2)16(3,14(17)18)15(19)20;/h13H,4-12H2,1-3H3,(H,17,18)(H,19,20);/q;+2/p-2. The van der Waals surface area contributed by atoms with E-state index in [-0.39, 0.29) is 23.1 Å². The summed E-state index contributed by atoms with van der Waals surface area (Å²) in [6, 6.07) is 0. The maximum absolute atomic E-state index is 11.0. The van der Waals surface area contributed by atoms with Gasteiger partial charge in [0.25, 0.3) is 0 Å². The monoisotopic (exact) mass is 308 g/mol. The third-order valence-corrected chi connectivity index (χ3v) is 4.32. The van der Waals surface area contributed by atoms with Crippen LogP contribution in [0.4, 0.5) is 0 Å². The molecule has 1 atom stereocenters. The van der Waals surface area contributed by atoms with E-state index in [0.29, 0.717) is 6.42 Å². The summed E-state index contributed by atoms with van der Waals surface area (Å²) in [5, 5.41) is 22.0. The van der Waals surface area contributed by atoms with Gasteiger partial charge in [0.2, 0.25) is 0 Å². The molecule has 21 heavy (non-hydrogen) atoms. The average molecular weight is 309 g/mol. The molecule has 0 radical (unpaired) electrons. The van der Waals surface area contributed by atoms with Crippen molar-refractivity contribution in [3.63, 3.8) is 0 Å². The molecule has 0 N–H and O–H groups in total. The Hall–Kier alpha value is -0.294. The van der Waals surface area contributed by atoms with Crippen molar-refractivity contribution in [1.29, 1.82) is 0 Å². The first-order chi connectivity index (χ1) is 9.37. The topological polar surface area (TPSA) is 80.3 Å². The van der Waals surface area contributed by atoms with Gasteiger partial charge in [-0.2, -0.15) is 0 Å². The van der Waals surface area contributed by atoms with Crippen molar-refractivity contribution in [2.24, 2.45) is 11.3 Å². The number of rotatable bonds is 12. The van der Waals surface area contributed by atoms with Crippen molar-refractivity contribution < 1.29 is 19.8 Å². The fourth-order valence-corrected chi connectivity index (χ4v) is 2.36. The van der Waals surface area contributed by atoms with Gasteiger partial charge in [-0.1, -0.05) is 65.2 Å². The maximum atomic E-state index is 11.0. The Morgan fingerprint density at radius 3 is 1.67 bits per heavy atom. The molecule has 4 nitrogen and oxygen atoms in total. The zero-order valence-corrected chi connectivity index (χ0v) is 15.2. The Morgan fingerprint density at radius 1 is 0.905 bits per heavy atom. The van der Waals surface area contributed by atoms with E-state index in [1.54, 1.807) is 6.92 Å². The van der Waals surface area contributed by atoms with E-state index in [2.05, 4.69) is 6.92 Å². The van der Waals surface area contributed by atoms with Crippen molar-refractivity contribution in [1.82, 2.24) is 0 Å². The van der Waals surface area contributed by atoms with Gasteiger partial charge in [-0.3, -0.25) is 0 Å². The van der Waals surface area contributed by atoms with Crippen molar-refractivity contribution in [2.75, 3.05) is 0 Å². The Bertz CT molecular complexity index is 291. The maximum Gasteiger partial charge on any atom is 2.00 e. The predicted molar refractivity (Wildman–Crippen MR) is 80.3 cm³/mol. The average Bonchev–Trinajstić information content (AvgIpc) is 2.39. The van der Waals surface area contributed by atoms with Crippen LogP contribution in [0, 0.1) is 11.3 Å². The minimum absolute atomic E-state index is 0. The van der Waals surface area contributed by atoms with Crippen molar-refractivity contribution in [2.45, 2.75) is 78.6 Å². The van der Waals surface area contributed by atoms with E-state index in [9.17, 15) is 19.8 Å². The van der Waals surface area contributed by atoms with E-state index < -0.39 is 23.3 Å². The largest absolute Gasteiger partial charge is 2.00 e. The normalized spacial score (nSPS) is 12.5. The molecule has 0 heterocycles. The molecular formula is C16H28MgO4. The summed E-state index contributed by atoms with van der Waals surface area (Å²) in [5.41, 5.74) is -1.89. The van der Waals surface area contributed by atoms with Crippen LogP contribution in [0.3, 0.4) is 0 Å². The van der Waals surface area contributed by atoms with E-state index in [1.165, 1.54) is 39.0 Å². The summed E-state index contributed by atoms with van der Waals surface area (Å²) in [6.45, 7) is 5.02. The SMILES string of the molecule is CCCCCCCCCCC(C)C(C)(C(=O)[O-])C(=O)[O-].[Mg+2]. The molecule has 0 aliphatic carbocycles. The van der Waals surface area contributed by atoms with Gasteiger partial charge in [-0.05, 0) is 19.3 Å². The molecule has 0 amide bonds. The molecule has 0 aliphatic heterocycles. The molecule has 5 heteroatoms.